The number of nitrogens with zero attached hydrogens (tertiary/aromatic N) is 1. The zero-order valence-corrected chi connectivity index (χ0v) is 16.5. The van der Waals surface area contributed by atoms with E-state index in [0.29, 0.717) is 23.7 Å². The van der Waals surface area contributed by atoms with E-state index in [1.165, 1.54) is 16.5 Å². The van der Waals surface area contributed by atoms with Gasteiger partial charge >= 0.3 is 0 Å². The first-order chi connectivity index (χ1) is 12.5. The zero-order valence-electron chi connectivity index (χ0n) is 14.1. The summed E-state index contributed by atoms with van der Waals surface area (Å²) in [6, 6.07) is 6.80. The lowest BCUT2D eigenvalue weighted by atomic mass is 10.2. The lowest BCUT2D eigenvalue weighted by Crippen LogP contribution is -3.13. The number of amides is 2. The molecule has 5 nitrogen and oxygen atoms in total. The van der Waals surface area contributed by atoms with Gasteiger partial charge in [0.25, 0.3) is 5.91 Å². The fraction of sp³-hybridized carbons (Fsp3) is 0.333. The van der Waals surface area contributed by atoms with E-state index >= 15 is 0 Å². The Balaban J connectivity index is 1.44. The number of piperazine rings is 1. The molecule has 0 spiro atoms. The zero-order chi connectivity index (χ0) is 18.5. The summed E-state index contributed by atoms with van der Waals surface area (Å²) < 4.78 is 0. The molecule has 1 saturated heterocycles. The first-order valence-electron chi connectivity index (χ1n) is 8.38. The molecule has 138 valence electrons. The number of carbonyl (C=O) groups is 2. The molecule has 0 unspecified atom stereocenters. The van der Waals surface area contributed by atoms with Gasteiger partial charge in [0.05, 0.1) is 43.3 Å². The summed E-state index contributed by atoms with van der Waals surface area (Å²) in [6.07, 6.45) is 0. The smallest absolute Gasteiger partial charge is 0.253 e. The van der Waals surface area contributed by atoms with E-state index in [2.05, 4.69) is 22.1 Å². The van der Waals surface area contributed by atoms with Gasteiger partial charge in [-0.05, 0) is 35.0 Å². The summed E-state index contributed by atoms with van der Waals surface area (Å²) in [6.45, 7) is 4.21. The number of nitrogens with one attached hydrogen (secondary N) is 2. The molecule has 2 amide bonds. The number of benzene rings is 1. The second-order valence-electron chi connectivity index (χ2n) is 6.25. The lowest BCUT2D eigenvalue weighted by molar-refractivity contribution is -0.917. The number of hydrogen-bond acceptors (Lipinski definition) is 3. The minimum absolute atomic E-state index is 0.0301. The van der Waals surface area contributed by atoms with Crippen molar-refractivity contribution in [1.82, 2.24) is 10.2 Å². The van der Waals surface area contributed by atoms with E-state index in [9.17, 15) is 9.59 Å². The predicted molar refractivity (Wildman–Crippen MR) is 104 cm³/mol. The molecule has 1 aliphatic rings. The predicted octanol–water partition coefficient (Wildman–Crippen LogP) is 1.71. The maximum atomic E-state index is 12.3. The van der Waals surface area contributed by atoms with Crippen LogP contribution < -0.4 is 10.2 Å². The molecule has 1 aromatic heterocycles. The molecule has 26 heavy (non-hydrogen) atoms. The normalized spacial score (nSPS) is 15.1. The Bertz CT molecular complexity index is 775. The van der Waals surface area contributed by atoms with Crippen LogP contribution in [0.5, 0.6) is 0 Å². The van der Waals surface area contributed by atoms with Crippen molar-refractivity contribution in [2.75, 3.05) is 32.7 Å². The summed E-state index contributed by atoms with van der Waals surface area (Å²) in [4.78, 5) is 27.8. The number of hydrogen-bond donors (Lipinski definition) is 2. The van der Waals surface area contributed by atoms with Gasteiger partial charge in [-0.1, -0.05) is 23.2 Å². The van der Waals surface area contributed by atoms with Crippen LogP contribution in [0.2, 0.25) is 10.0 Å². The molecule has 2 aromatic rings. The molecule has 1 aromatic carbocycles. The van der Waals surface area contributed by atoms with Gasteiger partial charge in [0.15, 0.2) is 0 Å². The molecule has 0 aliphatic carbocycles. The third-order valence-corrected chi connectivity index (χ3v) is 5.71. The lowest BCUT2D eigenvalue weighted by Gasteiger charge is -2.32. The topological polar surface area (TPSA) is 53.9 Å². The van der Waals surface area contributed by atoms with E-state index in [-0.39, 0.29) is 23.4 Å². The molecule has 8 heteroatoms. The van der Waals surface area contributed by atoms with E-state index in [0.717, 1.165) is 19.6 Å². The highest BCUT2D eigenvalue weighted by molar-refractivity contribution is 7.07. The minimum Gasteiger partial charge on any atom is -0.343 e. The van der Waals surface area contributed by atoms with E-state index in [4.69, 9.17) is 23.2 Å². The SMILES string of the molecule is O=C(NCC(=O)N1CC[NH+](Cc2ccsc2)CC1)c1ccc(Cl)cc1Cl. The van der Waals surface area contributed by atoms with Crippen molar-refractivity contribution >= 4 is 46.4 Å². The Morgan fingerprint density at radius 3 is 2.62 bits per heavy atom. The van der Waals surface area contributed by atoms with Gasteiger partial charge in [-0.2, -0.15) is 11.3 Å². The first kappa shape index (κ1) is 19.2. The Morgan fingerprint density at radius 1 is 1.19 bits per heavy atom. The molecule has 2 heterocycles. The molecular weight excluding hydrogens is 393 g/mol. The number of carbonyl (C=O) groups excluding carboxylic acids is 2. The molecular formula is C18H20Cl2N3O2S+. The van der Waals surface area contributed by atoms with Gasteiger partial charge in [0.2, 0.25) is 5.91 Å². The van der Waals surface area contributed by atoms with Crippen LogP contribution in [-0.4, -0.2) is 49.4 Å². The molecule has 0 saturated carbocycles. The first-order valence-corrected chi connectivity index (χ1v) is 10.1. The Hall–Kier alpha value is -1.60. The molecule has 0 radical (unpaired) electrons. The minimum atomic E-state index is -0.373. The molecule has 1 aliphatic heterocycles. The average Bonchev–Trinajstić information content (AvgIpc) is 3.13. The highest BCUT2D eigenvalue weighted by Crippen LogP contribution is 2.20. The van der Waals surface area contributed by atoms with E-state index < -0.39 is 0 Å². The van der Waals surface area contributed by atoms with Gasteiger partial charge in [0.1, 0.15) is 6.54 Å². The summed E-state index contributed by atoms with van der Waals surface area (Å²) in [5.74, 6) is -0.445. The van der Waals surface area contributed by atoms with Crippen molar-refractivity contribution in [3.8, 4) is 0 Å². The number of quaternary nitrogens is 1. The largest absolute Gasteiger partial charge is 0.343 e. The van der Waals surface area contributed by atoms with Gasteiger partial charge in [0, 0.05) is 10.6 Å². The standard InChI is InChI=1S/C18H19Cl2N3O2S/c19-14-1-2-15(16(20)9-14)18(25)21-10-17(24)23-6-4-22(5-7-23)11-13-3-8-26-12-13/h1-3,8-9,12H,4-7,10-11H2,(H,21,25)/p+1. The van der Waals surface area contributed by atoms with Crippen molar-refractivity contribution in [3.05, 3.63) is 56.2 Å². The van der Waals surface area contributed by atoms with Crippen LogP contribution in [-0.2, 0) is 11.3 Å². The fourth-order valence-electron chi connectivity index (χ4n) is 2.97. The molecule has 0 bridgehead atoms. The van der Waals surface area contributed by atoms with Crippen molar-refractivity contribution in [2.24, 2.45) is 0 Å². The molecule has 0 atom stereocenters. The number of thiophene rings is 1. The van der Waals surface area contributed by atoms with Crippen molar-refractivity contribution in [3.63, 3.8) is 0 Å². The Kier molecular flexibility index (Phi) is 6.53. The summed E-state index contributed by atoms with van der Waals surface area (Å²) in [5, 5.41) is 7.63. The van der Waals surface area contributed by atoms with Gasteiger partial charge in [-0.25, -0.2) is 0 Å². The van der Waals surface area contributed by atoms with Crippen LogP contribution in [0.1, 0.15) is 15.9 Å². The van der Waals surface area contributed by atoms with Crippen LogP contribution in [0.3, 0.4) is 0 Å². The molecule has 2 N–H and O–H groups in total. The van der Waals surface area contributed by atoms with Crippen LogP contribution in [0.15, 0.2) is 35.0 Å². The molecule has 1 fully saturated rings. The summed E-state index contributed by atoms with van der Waals surface area (Å²) in [7, 11) is 0. The highest BCUT2D eigenvalue weighted by Gasteiger charge is 2.24. The third kappa shape index (κ3) is 4.98. The fourth-order valence-corrected chi connectivity index (χ4v) is 4.13. The Morgan fingerprint density at radius 2 is 1.96 bits per heavy atom. The van der Waals surface area contributed by atoms with Crippen molar-refractivity contribution in [1.29, 1.82) is 0 Å². The van der Waals surface area contributed by atoms with Crippen LogP contribution in [0.25, 0.3) is 0 Å². The average molecular weight is 413 g/mol. The molecule has 3 rings (SSSR count). The van der Waals surface area contributed by atoms with Gasteiger partial charge < -0.3 is 15.1 Å². The number of halogens is 2. The monoisotopic (exact) mass is 412 g/mol. The quantitative estimate of drug-likeness (QED) is 0.785. The third-order valence-electron chi connectivity index (χ3n) is 4.43. The summed E-state index contributed by atoms with van der Waals surface area (Å²) in [5.41, 5.74) is 1.66. The van der Waals surface area contributed by atoms with Gasteiger partial charge in [-0.3, -0.25) is 9.59 Å². The van der Waals surface area contributed by atoms with E-state index in [1.54, 1.807) is 28.4 Å². The van der Waals surface area contributed by atoms with Gasteiger partial charge in [-0.15, -0.1) is 0 Å². The maximum absolute atomic E-state index is 12.3. The van der Waals surface area contributed by atoms with Crippen LogP contribution in [0, 0.1) is 0 Å². The maximum Gasteiger partial charge on any atom is 0.253 e. The summed E-state index contributed by atoms with van der Waals surface area (Å²) >= 11 is 13.6. The second-order valence-corrected chi connectivity index (χ2v) is 7.87. The second kappa shape index (κ2) is 8.86. The van der Waals surface area contributed by atoms with Crippen molar-refractivity contribution < 1.29 is 14.5 Å². The van der Waals surface area contributed by atoms with Crippen molar-refractivity contribution in [2.45, 2.75) is 6.54 Å². The highest BCUT2D eigenvalue weighted by atomic mass is 35.5. The number of rotatable bonds is 5. The van der Waals surface area contributed by atoms with Crippen LogP contribution in [0.4, 0.5) is 0 Å². The van der Waals surface area contributed by atoms with Crippen LogP contribution >= 0.6 is 34.5 Å². The Labute approximate surface area is 166 Å². The van der Waals surface area contributed by atoms with E-state index in [1.807, 2.05) is 0 Å².